The number of benzene rings is 3. The highest BCUT2D eigenvalue weighted by molar-refractivity contribution is 7.99. The number of thioether (sulfide) groups is 1. The van der Waals surface area contributed by atoms with Crippen LogP contribution in [0.5, 0.6) is 0 Å². The Morgan fingerprint density at radius 2 is 1.79 bits per heavy atom. The van der Waals surface area contributed by atoms with Crippen LogP contribution in [0, 0.1) is 11.6 Å². The highest BCUT2D eigenvalue weighted by atomic mass is 32.2. The smallest absolute Gasteiger partial charge is 0.266 e. The Labute approximate surface area is 193 Å². The molecule has 168 valence electrons. The summed E-state index contributed by atoms with van der Waals surface area (Å²) in [6.07, 6.45) is 0. The third-order valence-corrected chi connectivity index (χ3v) is 6.04. The van der Waals surface area contributed by atoms with E-state index in [0.29, 0.717) is 27.7 Å². The number of nitrogens with zero attached hydrogens (tertiary/aromatic N) is 2. The second-order valence-corrected chi connectivity index (χ2v) is 8.70. The van der Waals surface area contributed by atoms with Crippen LogP contribution in [-0.2, 0) is 4.79 Å². The van der Waals surface area contributed by atoms with Gasteiger partial charge in [0.15, 0.2) is 5.16 Å². The van der Waals surface area contributed by atoms with E-state index < -0.39 is 17.5 Å². The molecule has 5 nitrogen and oxygen atoms in total. The second-order valence-electron chi connectivity index (χ2n) is 7.76. The molecule has 0 spiro atoms. The summed E-state index contributed by atoms with van der Waals surface area (Å²) >= 11 is 1.04. The molecule has 4 rings (SSSR count). The summed E-state index contributed by atoms with van der Waals surface area (Å²) in [4.78, 5) is 30.3. The van der Waals surface area contributed by atoms with Crippen LogP contribution in [0.25, 0.3) is 16.6 Å². The largest absolute Gasteiger partial charge is 0.323 e. The Morgan fingerprint density at radius 3 is 2.52 bits per heavy atom. The topological polar surface area (TPSA) is 64.0 Å². The van der Waals surface area contributed by atoms with Crippen molar-refractivity contribution in [3.8, 4) is 5.69 Å². The predicted octanol–water partition coefficient (Wildman–Crippen LogP) is 5.52. The lowest BCUT2D eigenvalue weighted by Crippen LogP contribution is -2.23. The Morgan fingerprint density at radius 1 is 1.06 bits per heavy atom. The van der Waals surface area contributed by atoms with Gasteiger partial charge in [-0.05, 0) is 47.9 Å². The summed E-state index contributed by atoms with van der Waals surface area (Å²) in [6.45, 7) is 4.17. The van der Waals surface area contributed by atoms with Crippen LogP contribution in [-0.4, -0.2) is 21.2 Å². The van der Waals surface area contributed by atoms with Crippen molar-refractivity contribution in [1.29, 1.82) is 0 Å². The SMILES string of the molecule is CC(C)c1ccc(-n2c(SCC(=O)Nc3cc(F)ccc3F)nc3ccccc3c2=O)cc1. The van der Waals surface area contributed by atoms with Gasteiger partial charge in [0.05, 0.1) is 28.0 Å². The molecule has 0 bridgehead atoms. The van der Waals surface area contributed by atoms with Crippen molar-refractivity contribution < 1.29 is 13.6 Å². The number of para-hydroxylation sites is 1. The number of fused-ring (bicyclic) bond motifs is 1. The number of aromatic nitrogens is 2. The van der Waals surface area contributed by atoms with Gasteiger partial charge in [-0.1, -0.05) is 49.9 Å². The number of hydrogen-bond donors (Lipinski definition) is 1. The number of amides is 1. The van der Waals surface area contributed by atoms with Crippen molar-refractivity contribution in [2.75, 3.05) is 11.1 Å². The summed E-state index contributed by atoms with van der Waals surface area (Å²) in [5, 5.41) is 3.15. The fourth-order valence-corrected chi connectivity index (χ4v) is 4.17. The van der Waals surface area contributed by atoms with Crippen molar-refractivity contribution in [2.45, 2.75) is 24.9 Å². The molecule has 0 aliphatic heterocycles. The van der Waals surface area contributed by atoms with Crippen LogP contribution in [0.15, 0.2) is 76.7 Å². The zero-order valence-electron chi connectivity index (χ0n) is 18.0. The van der Waals surface area contributed by atoms with Gasteiger partial charge in [0.2, 0.25) is 5.91 Å². The number of nitrogens with one attached hydrogen (secondary N) is 1. The maximum absolute atomic E-state index is 13.8. The lowest BCUT2D eigenvalue weighted by Gasteiger charge is -2.14. The minimum Gasteiger partial charge on any atom is -0.323 e. The van der Waals surface area contributed by atoms with Crippen LogP contribution in [0.2, 0.25) is 0 Å². The molecule has 0 unspecified atom stereocenters. The molecule has 4 aromatic rings. The van der Waals surface area contributed by atoms with Gasteiger partial charge < -0.3 is 5.32 Å². The van der Waals surface area contributed by atoms with E-state index in [1.165, 1.54) is 4.57 Å². The van der Waals surface area contributed by atoms with Crippen molar-refractivity contribution >= 4 is 34.3 Å². The number of halogens is 2. The molecule has 0 atom stereocenters. The first-order chi connectivity index (χ1) is 15.8. The number of carbonyl (C=O) groups excluding carboxylic acids is 1. The molecular weight excluding hydrogens is 444 g/mol. The van der Waals surface area contributed by atoms with Crippen LogP contribution in [0.4, 0.5) is 14.5 Å². The van der Waals surface area contributed by atoms with Crippen LogP contribution in [0.1, 0.15) is 25.3 Å². The molecule has 3 aromatic carbocycles. The van der Waals surface area contributed by atoms with Gasteiger partial charge in [-0.2, -0.15) is 0 Å². The molecule has 0 saturated carbocycles. The molecule has 0 radical (unpaired) electrons. The Balaban J connectivity index is 1.67. The van der Waals surface area contributed by atoms with E-state index in [9.17, 15) is 18.4 Å². The average Bonchev–Trinajstić information content (AvgIpc) is 2.80. The number of hydrogen-bond acceptors (Lipinski definition) is 4. The van der Waals surface area contributed by atoms with Gasteiger partial charge in [-0.3, -0.25) is 14.2 Å². The van der Waals surface area contributed by atoms with Gasteiger partial charge in [0.1, 0.15) is 11.6 Å². The molecule has 1 aromatic heterocycles. The fourth-order valence-electron chi connectivity index (χ4n) is 3.35. The first-order valence-corrected chi connectivity index (χ1v) is 11.3. The van der Waals surface area contributed by atoms with E-state index in [1.54, 1.807) is 24.3 Å². The maximum Gasteiger partial charge on any atom is 0.266 e. The van der Waals surface area contributed by atoms with Gasteiger partial charge in [0.25, 0.3) is 5.56 Å². The zero-order valence-corrected chi connectivity index (χ0v) is 18.8. The predicted molar refractivity (Wildman–Crippen MR) is 127 cm³/mol. The molecule has 1 N–H and O–H groups in total. The summed E-state index contributed by atoms with van der Waals surface area (Å²) in [5.74, 6) is -1.75. The monoisotopic (exact) mass is 465 g/mol. The van der Waals surface area contributed by atoms with Gasteiger partial charge in [-0.15, -0.1) is 0 Å². The van der Waals surface area contributed by atoms with Gasteiger partial charge >= 0.3 is 0 Å². The molecule has 0 aliphatic rings. The standard InChI is InChI=1S/C25H21F2N3O2S/c1-15(2)16-7-10-18(11-8-16)30-24(32)19-5-3-4-6-21(19)29-25(30)33-14-23(31)28-22-13-17(26)9-12-20(22)27/h3-13,15H,14H2,1-2H3,(H,28,31). The van der Waals surface area contributed by atoms with Crippen molar-refractivity contribution in [1.82, 2.24) is 9.55 Å². The van der Waals surface area contributed by atoms with Gasteiger partial charge in [-0.25, -0.2) is 13.8 Å². The first-order valence-electron chi connectivity index (χ1n) is 10.3. The van der Waals surface area contributed by atoms with Crippen molar-refractivity contribution in [3.63, 3.8) is 0 Å². The molecular formula is C25H21F2N3O2S. The number of rotatable bonds is 6. The number of anilines is 1. The van der Waals surface area contributed by atoms with E-state index in [-0.39, 0.29) is 17.0 Å². The highest BCUT2D eigenvalue weighted by Gasteiger charge is 2.16. The first kappa shape index (κ1) is 22.7. The maximum atomic E-state index is 13.8. The summed E-state index contributed by atoms with van der Waals surface area (Å²) in [7, 11) is 0. The summed E-state index contributed by atoms with van der Waals surface area (Å²) < 4.78 is 28.7. The molecule has 0 fully saturated rings. The van der Waals surface area contributed by atoms with Crippen LogP contribution in [0.3, 0.4) is 0 Å². The van der Waals surface area contributed by atoms with E-state index in [0.717, 1.165) is 35.5 Å². The minimum absolute atomic E-state index is 0.148. The van der Waals surface area contributed by atoms with Crippen LogP contribution < -0.4 is 10.9 Å². The minimum atomic E-state index is -0.735. The zero-order chi connectivity index (χ0) is 23.5. The molecule has 33 heavy (non-hydrogen) atoms. The molecule has 8 heteroatoms. The van der Waals surface area contributed by atoms with E-state index in [4.69, 9.17) is 0 Å². The molecule has 0 saturated heterocycles. The van der Waals surface area contributed by atoms with E-state index in [1.807, 2.05) is 24.3 Å². The van der Waals surface area contributed by atoms with E-state index in [2.05, 4.69) is 24.1 Å². The van der Waals surface area contributed by atoms with Crippen molar-refractivity contribution in [3.05, 3.63) is 94.3 Å². The average molecular weight is 466 g/mol. The second kappa shape index (κ2) is 9.54. The number of carbonyl (C=O) groups is 1. The highest BCUT2D eigenvalue weighted by Crippen LogP contribution is 2.24. The lowest BCUT2D eigenvalue weighted by molar-refractivity contribution is -0.113. The lowest BCUT2D eigenvalue weighted by atomic mass is 10.0. The molecule has 1 heterocycles. The summed E-state index contributed by atoms with van der Waals surface area (Å²) in [5.41, 5.74) is 1.77. The Hall–Kier alpha value is -3.52. The van der Waals surface area contributed by atoms with Gasteiger partial charge in [0, 0.05) is 6.07 Å². The Bertz CT molecular complexity index is 1390. The summed E-state index contributed by atoms with van der Waals surface area (Å²) in [6, 6.07) is 17.4. The van der Waals surface area contributed by atoms with Crippen LogP contribution >= 0.6 is 11.8 Å². The van der Waals surface area contributed by atoms with Crippen molar-refractivity contribution in [2.24, 2.45) is 0 Å². The fraction of sp³-hybridized carbons (Fsp3) is 0.160. The normalized spacial score (nSPS) is 11.2. The Kier molecular flexibility index (Phi) is 6.55. The quantitative estimate of drug-likeness (QED) is 0.301. The van der Waals surface area contributed by atoms with E-state index >= 15 is 0 Å². The third-order valence-electron chi connectivity index (χ3n) is 5.10. The molecule has 0 aliphatic carbocycles. The third kappa shape index (κ3) is 4.96. The molecule has 1 amide bonds.